The van der Waals surface area contributed by atoms with E-state index in [1.165, 1.54) is 32.1 Å². The van der Waals surface area contributed by atoms with E-state index in [4.69, 9.17) is 0 Å². The molecular weight excluding hydrogens is 260 g/mol. The van der Waals surface area contributed by atoms with Crippen LogP contribution in [0, 0.1) is 16.7 Å². The number of piperidine rings is 1. The Labute approximate surface area is 129 Å². The van der Waals surface area contributed by atoms with Crippen LogP contribution in [0.4, 0.5) is 0 Å². The minimum Gasteiger partial charge on any atom is -0.339 e. The minimum absolute atomic E-state index is 0.372. The number of amides is 1. The van der Waals surface area contributed by atoms with Gasteiger partial charge in [0.15, 0.2) is 0 Å². The van der Waals surface area contributed by atoms with E-state index in [9.17, 15) is 4.79 Å². The second kappa shape index (κ2) is 5.57. The first kappa shape index (κ1) is 15.3. The zero-order chi connectivity index (χ0) is 15.1. The normalized spacial score (nSPS) is 36.0. The Morgan fingerprint density at radius 3 is 2.62 bits per heavy atom. The number of hydrogen-bond acceptors (Lipinski definition) is 2. The summed E-state index contributed by atoms with van der Waals surface area (Å²) in [6.07, 6.45) is 8.08. The van der Waals surface area contributed by atoms with Crippen molar-refractivity contribution < 1.29 is 4.79 Å². The first-order valence-corrected chi connectivity index (χ1v) is 8.87. The van der Waals surface area contributed by atoms with Crippen molar-refractivity contribution in [2.45, 2.75) is 71.8 Å². The van der Waals surface area contributed by atoms with Gasteiger partial charge in [0.05, 0.1) is 0 Å². The van der Waals surface area contributed by atoms with E-state index in [-0.39, 0.29) is 0 Å². The molecule has 3 nitrogen and oxygen atoms in total. The van der Waals surface area contributed by atoms with Crippen molar-refractivity contribution in [2.24, 2.45) is 16.7 Å². The first-order valence-electron chi connectivity index (χ1n) is 8.87. The standard InChI is InChI=1S/C18H32N2O/c1-17(2)10-15-11-18(3,12-17)13-20(15)16(21)5-4-14-6-8-19-9-7-14/h14-15,19H,4-13H2,1-3H3. The Hall–Kier alpha value is -0.570. The monoisotopic (exact) mass is 292 g/mol. The van der Waals surface area contributed by atoms with Crippen LogP contribution in [0.3, 0.4) is 0 Å². The highest BCUT2D eigenvalue weighted by atomic mass is 16.2. The molecule has 1 saturated carbocycles. The Balaban J connectivity index is 1.56. The molecule has 2 aliphatic heterocycles. The van der Waals surface area contributed by atoms with Crippen molar-refractivity contribution >= 4 is 5.91 Å². The quantitative estimate of drug-likeness (QED) is 0.866. The summed E-state index contributed by atoms with van der Waals surface area (Å²) in [7, 11) is 0. The molecule has 0 radical (unpaired) electrons. The molecule has 120 valence electrons. The SMILES string of the molecule is CC1(C)CC2CC(C)(CN2C(=O)CCC2CCNCC2)C1. The molecule has 1 N–H and O–H groups in total. The maximum absolute atomic E-state index is 12.7. The van der Waals surface area contributed by atoms with Gasteiger partial charge in [-0.3, -0.25) is 4.79 Å². The lowest BCUT2D eigenvalue weighted by atomic mass is 9.65. The fraction of sp³-hybridized carbons (Fsp3) is 0.944. The number of nitrogens with zero attached hydrogens (tertiary/aromatic N) is 1. The Morgan fingerprint density at radius 1 is 1.19 bits per heavy atom. The minimum atomic E-state index is 0.372. The maximum Gasteiger partial charge on any atom is 0.222 e. The third kappa shape index (κ3) is 3.44. The zero-order valence-corrected chi connectivity index (χ0v) is 14.1. The van der Waals surface area contributed by atoms with Crippen molar-refractivity contribution in [3.63, 3.8) is 0 Å². The van der Waals surface area contributed by atoms with Gasteiger partial charge in [-0.15, -0.1) is 0 Å². The average Bonchev–Trinajstić information content (AvgIpc) is 2.66. The maximum atomic E-state index is 12.7. The second-order valence-electron chi connectivity index (χ2n) is 8.97. The van der Waals surface area contributed by atoms with Crippen LogP contribution >= 0.6 is 0 Å². The molecule has 0 aromatic heterocycles. The van der Waals surface area contributed by atoms with Crippen LogP contribution < -0.4 is 5.32 Å². The molecule has 0 spiro atoms. The highest BCUT2D eigenvalue weighted by Gasteiger charge is 2.50. The fourth-order valence-electron chi connectivity index (χ4n) is 5.39. The number of rotatable bonds is 3. The third-order valence-corrected chi connectivity index (χ3v) is 5.96. The number of fused-ring (bicyclic) bond motifs is 2. The number of likely N-dealkylation sites (tertiary alicyclic amines) is 1. The van der Waals surface area contributed by atoms with E-state index >= 15 is 0 Å². The highest BCUT2D eigenvalue weighted by molar-refractivity contribution is 5.77. The summed E-state index contributed by atoms with van der Waals surface area (Å²) in [5.74, 6) is 1.20. The van der Waals surface area contributed by atoms with Crippen LogP contribution in [0.2, 0.25) is 0 Å². The van der Waals surface area contributed by atoms with Gasteiger partial charge in [0.2, 0.25) is 5.91 Å². The van der Waals surface area contributed by atoms with Crippen molar-refractivity contribution in [2.75, 3.05) is 19.6 Å². The van der Waals surface area contributed by atoms with E-state index in [1.807, 2.05) is 0 Å². The molecule has 21 heavy (non-hydrogen) atoms. The molecule has 3 fully saturated rings. The van der Waals surface area contributed by atoms with Gasteiger partial charge in [-0.2, -0.15) is 0 Å². The molecule has 0 aromatic carbocycles. The Morgan fingerprint density at radius 2 is 1.90 bits per heavy atom. The molecule has 2 unspecified atom stereocenters. The zero-order valence-electron chi connectivity index (χ0n) is 14.1. The van der Waals surface area contributed by atoms with Crippen LogP contribution in [0.15, 0.2) is 0 Å². The van der Waals surface area contributed by atoms with E-state index in [0.717, 1.165) is 38.4 Å². The van der Waals surface area contributed by atoms with E-state index in [1.54, 1.807) is 0 Å². The lowest BCUT2D eigenvalue weighted by molar-refractivity contribution is -0.132. The van der Waals surface area contributed by atoms with Crippen molar-refractivity contribution in [3.8, 4) is 0 Å². The van der Waals surface area contributed by atoms with Crippen LogP contribution in [0.5, 0.6) is 0 Å². The summed E-state index contributed by atoms with van der Waals surface area (Å²) in [6, 6.07) is 0.513. The van der Waals surface area contributed by atoms with Crippen molar-refractivity contribution in [1.82, 2.24) is 10.2 Å². The molecule has 2 saturated heterocycles. The molecule has 1 aliphatic carbocycles. The van der Waals surface area contributed by atoms with Gasteiger partial charge in [0.25, 0.3) is 0 Å². The molecule has 2 heterocycles. The Bertz CT molecular complexity index is 400. The smallest absolute Gasteiger partial charge is 0.222 e. The number of hydrogen-bond donors (Lipinski definition) is 1. The van der Waals surface area contributed by atoms with Crippen LogP contribution in [-0.4, -0.2) is 36.5 Å². The summed E-state index contributed by atoms with van der Waals surface area (Å²) in [4.78, 5) is 14.9. The van der Waals surface area contributed by atoms with E-state index in [2.05, 4.69) is 31.0 Å². The summed E-state index contributed by atoms with van der Waals surface area (Å²) in [6.45, 7) is 10.4. The molecule has 3 aliphatic rings. The van der Waals surface area contributed by atoms with E-state index < -0.39 is 0 Å². The topological polar surface area (TPSA) is 32.3 Å². The molecule has 3 rings (SSSR count). The predicted octanol–water partition coefficient (Wildman–Crippen LogP) is 3.19. The molecule has 1 amide bonds. The average molecular weight is 292 g/mol. The van der Waals surface area contributed by atoms with Gasteiger partial charge in [-0.25, -0.2) is 0 Å². The van der Waals surface area contributed by atoms with E-state index in [0.29, 0.717) is 22.8 Å². The largest absolute Gasteiger partial charge is 0.339 e. The van der Waals surface area contributed by atoms with Crippen LogP contribution in [0.1, 0.15) is 65.7 Å². The van der Waals surface area contributed by atoms with Gasteiger partial charge < -0.3 is 10.2 Å². The molecule has 2 bridgehead atoms. The lowest BCUT2D eigenvalue weighted by Crippen LogP contribution is -2.38. The summed E-state index contributed by atoms with van der Waals surface area (Å²) < 4.78 is 0. The Kier molecular flexibility index (Phi) is 4.06. The molecule has 3 heteroatoms. The number of nitrogens with one attached hydrogen (secondary N) is 1. The summed E-state index contributed by atoms with van der Waals surface area (Å²) in [5.41, 5.74) is 0.776. The highest BCUT2D eigenvalue weighted by Crippen LogP contribution is 2.52. The lowest BCUT2D eigenvalue weighted by Gasteiger charge is -2.39. The molecular formula is C18H32N2O. The van der Waals surface area contributed by atoms with Crippen LogP contribution in [-0.2, 0) is 4.79 Å². The van der Waals surface area contributed by atoms with Crippen molar-refractivity contribution in [3.05, 3.63) is 0 Å². The third-order valence-electron chi connectivity index (χ3n) is 5.96. The van der Waals surface area contributed by atoms with Gasteiger partial charge >= 0.3 is 0 Å². The van der Waals surface area contributed by atoms with Crippen LogP contribution in [0.25, 0.3) is 0 Å². The van der Waals surface area contributed by atoms with Gasteiger partial charge in [-0.1, -0.05) is 20.8 Å². The predicted molar refractivity (Wildman–Crippen MR) is 86.1 cm³/mol. The van der Waals surface area contributed by atoms with Crippen molar-refractivity contribution in [1.29, 1.82) is 0 Å². The fourth-order valence-corrected chi connectivity index (χ4v) is 5.39. The summed E-state index contributed by atoms with van der Waals surface area (Å²) >= 11 is 0. The van der Waals surface area contributed by atoms with Gasteiger partial charge in [0, 0.05) is 19.0 Å². The van der Waals surface area contributed by atoms with Gasteiger partial charge in [-0.05, 0) is 68.4 Å². The molecule has 0 aromatic rings. The first-order chi connectivity index (χ1) is 9.87. The number of carbonyl (C=O) groups is 1. The number of carbonyl (C=O) groups excluding carboxylic acids is 1. The summed E-state index contributed by atoms with van der Waals surface area (Å²) in [5, 5.41) is 3.41. The van der Waals surface area contributed by atoms with Gasteiger partial charge in [0.1, 0.15) is 0 Å². The molecule has 2 atom stereocenters. The second-order valence-corrected chi connectivity index (χ2v) is 8.97.